The number of hydrogen-bond donors (Lipinski definition) is 2. The van der Waals surface area contributed by atoms with Gasteiger partial charge in [0.15, 0.2) is 0 Å². The van der Waals surface area contributed by atoms with Crippen LogP contribution >= 0.6 is 0 Å². The van der Waals surface area contributed by atoms with E-state index >= 15 is 0 Å². The number of ether oxygens (including phenoxy) is 2. The van der Waals surface area contributed by atoms with Gasteiger partial charge in [-0.15, -0.1) is 0 Å². The van der Waals surface area contributed by atoms with Crippen LogP contribution in [0.1, 0.15) is 51.9 Å². The number of carboxylic acid groups (broad SMARTS) is 1. The third-order valence-corrected chi connectivity index (χ3v) is 4.34. The Morgan fingerprint density at radius 1 is 1.35 bits per heavy atom. The quantitative estimate of drug-likeness (QED) is 0.634. The molecule has 0 amide bonds. The van der Waals surface area contributed by atoms with Gasteiger partial charge in [0.25, 0.3) is 0 Å². The van der Waals surface area contributed by atoms with Crippen LogP contribution in [0.25, 0.3) is 0 Å². The van der Waals surface area contributed by atoms with Crippen LogP contribution in [0.15, 0.2) is 0 Å². The number of rotatable bonds is 9. The Balaban J connectivity index is 1.71. The fourth-order valence-corrected chi connectivity index (χ4v) is 2.76. The molecule has 1 saturated heterocycles. The molecule has 1 aliphatic heterocycles. The zero-order valence-electron chi connectivity index (χ0n) is 12.4. The number of carboxylic acids is 1. The summed E-state index contributed by atoms with van der Waals surface area (Å²) < 4.78 is 11.1. The van der Waals surface area contributed by atoms with E-state index in [9.17, 15) is 9.90 Å². The molecule has 2 rings (SSSR count). The van der Waals surface area contributed by atoms with Crippen LogP contribution in [0.2, 0.25) is 0 Å². The van der Waals surface area contributed by atoms with Crippen molar-refractivity contribution in [1.82, 2.24) is 5.32 Å². The SMILES string of the molecule is CCC(CCCOC1CCOCC1)(NC1CC1)C(=O)O. The Labute approximate surface area is 121 Å². The van der Waals surface area contributed by atoms with Gasteiger partial charge in [-0.05, 0) is 44.9 Å². The van der Waals surface area contributed by atoms with Crippen LogP contribution in [0.4, 0.5) is 0 Å². The minimum atomic E-state index is -0.764. The van der Waals surface area contributed by atoms with E-state index in [4.69, 9.17) is 9.47 Å². The van der Waals surface area contributed by atoms with Crippen molar-refractivity contribution in [3.63, 3.8) is 0 Å². The Kier molecular flexibility index (Phi) is 5.81. The Morgan fingerprint density at radius 3 is 2.60 bits per heavy atom. The summed E-state index contributed by atoms with van der Waals surface area (Å²) in [5.74, 6) is -0.724. The van der Waals surface area contributed by atoms with Gasteiger partial charge in [-0.1, -0.05) is 6.92 Å². The molecule has 1 saturated carbocycles. The molecule has 1 heterocycles. The zero-order valence-corrected chi connectivity index (χ0v) is 12.4. The summed E-state index contributed by atoms with van der Waals surface area (Å²) in [6.45, 7) is 4.15. The van der Waals surface area contributed by atoms with Gasteiger partial charge in [0, 0.05) is 25.9 Å². The molecule has 5 heteroatoms. The molecule has 0 aromatic heterocycles. The molecule has 1 aliphatic carbocycles. The molecule has 1 unspecified atom stereocenters. The van der Waals surface area contributed by atoms with Crippen LogP contribution in [0.5, 0.6) is 0 Å². The van der Waals surface area contributed by atoms with Crippen LogP contribution in [0.3, 0.4) is 0 Å². The number of hydrogen-bond acceptors (Lipinski definition) is 4. The second kappa shape index (κ2) is 7.38. The van der Waals surface area contributed by atoms with Gasteiger partial charge >= 0.3 is 5.97 Å². The topological polar surface area (TPSA) is 67.8 Å². The third-order valence-electron chi connectivity index (χ3n) is 4.34. The fourth-order valence-electron chi connectivity index (χ4n) is 2.76. The molecule has 116 valence electrons. The predicted octanol–water partition coefficient (Wildman–Crippen LogP) is 1.95. The maximum absolute atomic E-state index is 11.6. The second-order valence-corrected chi connectivity index (χ2v) is 5.95. The van der Waals surface area contributed by atoms with E-state index in [0.29, 0.717) is 31.6 Å². The van der Waals surface area contributed by atoms with Crippen molar-refractivity contribution in [1.29, 1.82) is 0 Å². The lowest BCUT2D eigenvalue weighted by molar-refractivity contribution is -0.145. The highest BCUT2D eigenvalue weighted by atomic mass is 16.5. The van der Waals surface area contributed by atoms with Crippen LogP contribution < -0.4 is 5.32 Å². The van der Waals surface area contributed by atoms with Gasteiger partial charge in [-0.25, -0.2) is 0 Å². The summed E-state index contributed by atoms with van der Waals surface area (Å²) in [7, 11) is 0. The van der Waals surface area contributed by atoms with E-state index < -0.39 is 11.5 Å². The highest BCUT2D eigenvalue weighted by molar-refractivity contribution is 5.78. The van der Waals surface area contributed by atoms with Crippen molar-refractivity contribution >= 4 is 5.97 Å². The maximum atomic E-state index is 11.6. The molecule has 0 spiro atoms. The Morgan fingerprint density at radius 2 is 2.05 bits per heavy atom. The van der Waals surface area contributed by atoms with Gasteiger partial charge in [0.1, 0.15) is 5.54 Å². The van der Waals surface area contributed by atoms with E-state index in [1.165, 1.54) is 0 Å². The Bertz CT molecular complexity index is 313. The van der Waals surface area contributed by atoms with E-state index in [2.05, 4.69) is 5.32 Å². The predicted molar refractivity (Wildman–Crippen MR) is 75.8 cm³/mol. The van der Waals surface area contributed by atoms with Crippen LogP contribution in [-0.4, -0.2) is 48.6 Å². The van der Waals surface area contributed by atoms with Crippen molar-refractivity contribution in [2.45, 2.75) is 69.6 Å². The van der Waals surface area contributed by atoms with Gasteiger partial charge in [0.2, 0.25) is 0 Å². The smallest absolute Gasteiger partial charge is 0.323 e. The number of nitrogens with one attached hydrogen (secondary N) is 1. The fraction of sp³-hybridized carbons (Fsp3) is 0.933. The lowest BCUT2D eigenvalue weighted by Gasteiger charge is -2.30. The van der Waals surface area contributed by atoms with E-state index in [1.807, 2.05) is 6.92 Å². The van der Waals surface area contributed by atoms with Gasteiger partial charge < -0.3 is 14.6 Å². The molecular formula is C15H27NO4. The highest BCUT2D eigenvalue weighted by Crippen LogP contribution is 2.27. The Hall–Kier alpha value is -0.650. The summed E-state index contributed by atoms with van der Waals surface area (Å²) in [6.07, 6.45) is 6.46. The molecular weight excluding hydrogens is 258 g/mol. The molecule has 2 aliphatic rings. The van der Waals surface area contributed by atoms with Crippen molar-refractivity contribution in [3.05, 3.63) is 0 Å². The average molecular weight is 285 g/mol. The molecule has 0 aromatic rings. The first kappa shape index (κ1) is 15.7. The summed E-state index contributed by atoms with van der Waals surface area (Å²) >= 11 is 0. The molecule has 0 bridgehead atoms. The molecule has 0 radical (unpaired) electrons. The van der Waals surface area contributed by atoms with Crippen molar-refractivity contribution < 1.29 is 19.4 Å². The van der Waals surface area contributed by atoms with E-state index in [0.717, 1.165) is 45.3 Å². The first-order valence-corrected chi connectivity index (χ1v) is 7.87. The van der Waals surface area contributed by atoms with Gasteiger partial charge in [0.05, 0.1) is 6.10 Å². The monoisotopic (exact) mass is 285 g/mol. The molecule has 5 nitrogen and oxygen atoms in total. The van der Waals surface area contributed by atoms with Crippen molar-refractivity contribution in [2.24, 2.45) is 0 Å². The first-order valence-electron chi connectivity index (χ1n) is 7.87. The van der Waals surface area contributed by atoms with Crippen molar-refractivity contribution in [3.8, 4) is 0 Å². The minimum Gasteiger partial charge on any atom is -0.480 e. The summed E-state index contributed by atoms with van der Waals surface area (Å²) in [5.41, 5.74) is -0.764. The average Bonchev–Trinajstić information content (AvgIpc) is 3.27. The molecule has 20 heavy (non-hydrogen) atoms. The van der Waals surface area contributed by atoms with Gasteiger partial charge in [-0.2, -0.15) is 0 Å². The lowest BCUT2D eigenvalue weighted by Crippen LogP contribution is -2.52. The number of carbonyl (C=O) groups is 1. The lowest BCUT2D eigenvalue weighted by atomic mass is 9.90. The van der Waals surface area contributed by atoms with Crippen LogP contribution in [-0.2, 0) is 14.3 Å². The summed E-state index contributed by atoms with van der Waals surface area (Å²) in [6, 6.07) is 0.405. The standard InChI is InChI=1S/C15H27NO4/c1-2-15(14(17)18,16-12-4-5-12)8-3-9-20-13-6-10-19-11-7-13/h12-13,16H,2-11H2,1H3,(H,17,18). The zero-order chi connectivity index (χ0) is 14.4. The first-order chi connectivity index (χ1) is 9.66. The molecule has 0 aromatic carbocycles. The largest absolute Gasteiger partial charge is 0.480 e. The third kappa shape index (κ3) is 4.43. The molecule has 2 N–H and O–H groups in total. The second-order valence-electron chi connectivity index (χ2n) is 5.95. The van der Waals surface area contributed by atoms with E-state index in [-0.39, 0.29) is 0 Å². The molecule has 1 atom stereocenters. The normalized spacial score (nSPS) is 23.4. The highest BCUT2D eigenvalue weighted by Gasteiger charge is 2.40. The summed E-state index contributed by atoms with van der Waals surface area (Å²) in [4.78, 5) is 11.6. The summed E-state index contributed by atoms with van der Waals surface area (Å²) in [5, 5.41) is 12.8. The van der Waals surface area contributed by atoms with Gasteiger partial charge in [-0.3, -0.25) is 10.1 Å². The maximum Gasteiger partial charge on any atom is 0.323 e. The molecule has 2 fully saturated rings. The van der Waals surface area contributed by atoms with Crippen LogP contribution in [0, 0.1) is 0 Å². The number of aliphatic carboxylic acids is 1. The minimum absolute atomic E-state index is 0.293. The van der Waals surface area contributed by atoms with E-state index in [1.54, 1.807) is 0 Å². The van der Waals surface area contributed by atoms with Crippen molar-refractivity contribution in [2.75, 3.05) is 19.8 Å².